The SMILES string of the molecule is CCc1nnc(C)cc1C(=O)N1CC[C@@H](N)C1. The summed E-state index contributed by atoms with van der Waals surface area (Å²) in [6, 6.07) is 1.93. The van der Waals surface area contributed by atoms with Gasteiger partial charge in [-0.15, -0.1) is 0 Å². The van der Waals surface area contributed by atoms with Crippen molar-refractivity contribution in [3.8, 4) is 0 Å². The Hall–Kier alpha value is -1.49. The van der Waals surface area contributed by atoms with Gasteiger partial charge < -0.3 is 10.6 Å². The van der Waals surface area contributed by atoms with Gasteiger partial charge in [0.25, 0.3) is 5.91 Å². The molecule has 1 aromatic rings. The van der Waals surface area contributed by atoms with E-state index in [0.717, 1.165) is 24.4 Å². The summed E-state index contributed by atoms with van der Waals surface area (Å²) in [6.07, 6.45) is 1.60. The van der Waals surface area contributed by atoms with Crippen LogP contribution in [0.5, 0.6) is 0 Å². The van der Waals surface area contributed by atoms with Crippen molar-refractivity contribution in [1.82, 2.24) is 15.1 Å². The lowest BCUT2D eigenvalue weighted by Gasteiger charge is -2.17. The van der Waals surface area contributed by atoms with Gasteiger partial charge in [-0.05, 0) is 25.8 Å². The van der Waals surface area contributed by atoms with Crippen LogP contribution in [-0.4, -0.2) is 40.1 Å². The first-order valence-corrected chi connectivity index (χ1v) is 6.00. The van der Waals surface area contributed by atoms with Gasteiger partial charge in [-0.1, -0.05) is 6.92 Å². The number of rotatable bonds is 2. The molecule has 0 aromatic carbocycles. The molecule has 1 fully saturated rings. The molecule has 2 rings (SSSR count). The Morgan fingerprint density at radius 1 is 1.59 bits per heavy atom. The number of likely N-dealkylation sites (tertiary alicyclic amines) is 1. The van der Waals surface area contributed by atoms with E-state index in [1.165, 1.54) is 0 Å². The molecule has 5 heteroatoms. The van der Waals surface area contributed by atoms with E-state index in [9.17, 15) is 4.79 Å². The van der Waals surface area contributed by atoms with Gasteiger partial charge in [0.05, 0.1) is 17.0 Å². The molecule has 1 amide bonds. The van der Waals surface area contributed by atoms with Crippen LogP contribution in [0.4, 0.5) is 0 Å². The molecule has 1 aromatic heterocycles. The molecule has 0 spiro atoms. The second-order valence-corrected chi connectivity index (χ2v) is 4.50. The minimum Gasteiger partial charge on any atom is -0.337 e. The molecule has 0 radical (unpaired) electrons. The second kappa shape index (κ2) is 4.79. The summed E-state index contributed by atoms with van der Waals surface area (Å²) in [5, 5.41) is 8.07. The second-order valence-electron chi connectivity index (χ2n) is 4.50. The Kier molecular flexibility index (Phi) is 3.38. The average Bonchev–Trinajstić information content (AvgIpc) is 2.75. The maximum absolute atomic E-state index is 12.3. The first-order valence-electron chi connectivity index (χ1n) is 6.00. The number of hydrogen-bond acceptors (Lipinski definition) is 4. The highest BCUT2D eigenvalue weighted by Gasteiger charge is 2.26. The third-order valence-electron chi connectivity index (χ3n) is 3.07. The molecule has 0 aliphatic carbocycles. The Morgan fingerprint density at radius 2 is 2.35 bits per heavy atom. The predicted octanol–water partition coefficient (Wildman–Crippen LogP) is 0.521. The van der Waals surface area contributed by atoms with Crippen LogP contribution >= 0.6 is 0 Å². The van der Waals surface area contributed by atoms with Crippen molar-refractivity contribution < 1.29 is 4.79 Å². The molecular weight excluding hydrogens is 216 g/mol. The maximum atomic E-state index is 12.3. The Labute approximate surface area is 101 Å². The Balaban J connectivity index is 2.26. The van der Waals surface area contributed by atoms with Gasteiger partial charge >= 0.3 is 0 Å². The summed E-state index contributed by atoms with van der Waals surface area (Å²) in [4.78, 5) is 14.1. The number of nitrogens with two attached hydrogens (primary N) is 1. The van der Waals surface area contributed by atoms with E-state index in [-0.39, 0.29) is 11.9 Å². The van der Waals surface area contributed by atoms with Crippen LogP contribution in [0.1, 0.15) is 35.1 Å². The number of carbonyl (C=O) groups is 1. The van der Waals surface area contributed by atoms with Crippen LogP contribution in [0.25, 0.3) is 0 Å². The molecule has 0 unspecified atom stereocenters. The molecule has 17 heavy (non-hydrogen) atoms. The first kappa shape index (κ1) is 12.0. The quantitative estimate of drug-likeness (QED) is 0.809. The van der Waals surface area contributed by atoms with Crippen LogP contribution in [0.15, 0.2) is 6.07 Å². The van der Waals surface area contributed by atoms with Gasteiger partial charge in [0.1, 0.15) is 0 Å². The zero-order chi connectivity index (χ0) is 12.4. The smallest absolute Gasteiger partial charge is 0.255 e. The zero-order valence-electron chi connectivity index (χ0n) is 10.3. The fraction of sp³-hybridized carbons (Fsp3) is 0.583. The van der Waals surface area contributed by atoms with Gasteiger partial charge in [0.2, 0.25) is 0 Å². The Morgan fingerprint density at radius 3 is 2.94 bits per heavy atom. The van der Waals surface area contributed by atoms with E-state index in [1.807, 2.05) is 19.9 Å². The van der Waals surface area contributed by atoms with Crippen molar-refractivity contribution in [2.24, 2.45) is 5.73 Å². The summed E-state index contributed by atoms with van der Waals surface area (Å²) >= 11 is 0. The lowest BCUT2D eigenvalue weighted by Crippen LogP contribution is -2.32. The highest BCUT2D eigenvalue weighted by atomic mass is 16.2. The van der Waals surface area contributed by atoms with Crippen LogP contribution in [-0.2, 0) is 6.42 Å². The van der Waals surface area contributed by atoms with Crippen molar-refractivity contribution in [2.45, 2.75) is 32.7 Å². The minimum atomic E-state index is 0.0350. The minimum absolute atomic E-state index is 0.0350. The number of carbonyl (C=O) groups excluding carboxylic acids is 1. The molecule has 0 saturated carbocycles. The molecule has 2 N–H and O–H groups in total. The van der Waals surface area contributed by atoms with E-state index in [0.29, 0.717) is 18.5 Å². The van der Waals surface area contributed by atoms with Gasteiger partial charge in [-0.2, -0.15) is 10.2 Å². The van der Waals surface area contributed by atoms with Crippen molar-refractivity contribution in [2.75, 3.05) is 13.1 Å². The molecule has 1 saturated heterocycles. The van der Waals surface area contributed by atoms with Gasteiger partial charge in [0, 0.05) is 19.1 Å². The maximum Gasteiger partial charge on any atom is 0.255 e. The molecule has 1 atom stereocenters. The Bertz CT molecular complexity index is 433. The van der Waals surface area contributed by atoms with Crippen LogP contribution in [0.2, 0.25) is 0 Å². The van der Waals surface area contributed by atoms with Crippen LogP contribution in [0, 0.1) is 6.92 Å². The predicted molar refractivity (Wildman–Crippen MR) is 64.6 cm³/mol. The summed E-state index contributed by atoms with van der Waals surface area (Å²) in [5.74, 6) is 0.0350. The number of aromatic nitrogens is 2. The summed E-state index contributed by atoms with van der Waals surface area (Å²) in [6.45, 7) is 5.21. The first-order chi connectivity index (χ1) is 8.11. The topological polar surface area (TPSA) is 72.1 Å². The largest absolute Gasteiger partial charge is 0.337 e. The molecular formula is C12H18N4O. The molecule has 2 heterocycles. The summed E-state index contributed by atoms with van der Waals surface area (Å²) in [7, 11) is 0. The normalized spacial score (nSPS) is 19.7. The fourth-order valence-electron chi connectivity index (χ4n) is 2.10. The van der Waals surface area contributed by atoms with Crippen molar-refractivity contribution in [3.63, 3.8) is 0 Å². The monoisotopic (exact) mass is 234 g/mol. The van der Waals surface area contributed by atoms with E-state index >= 15 is 0 Å². The van der Waals surface area contributed by atoms with Gasteiger partial charge in [0.15, 0.2) is 0 Å². The summed E-state index contributed by atoms with van der Waals surface area (Å²) < 4.78 is 0. The summed E-state index contributed by atoms with van der Waals surface area (Å²) in [5.41, 5.74) is 8.03. The van der Waals surface area contributed by atoms with E-state index in [4.69, 9.17) is 5.73 Å². The highest BCUT2D eigenvalue weighted by molar-refractivity contribution is 5.95. The van der Waals surface area contributed by atoms with Gasteiger partial charge in [-0.25, -0.2) is 0 Å². The highest BCUT2D eigenvalue weighted by Crippen LogP contribution is 2.15. The molecule has 5 nitrogen and oxygen atoms in total. The third-order valence-corrected chi connectivity index (χ3v) is 3.07. The van der Waals surface area contributed by atoms with Crippen molar-refractivity contribution in [3.05, 3.63) is 23.0 Å². The molecule has 1 aliphatic heterocycles. The zero-order valence-corrected chi connectivity index (χ0v) is 10.3. The lowest BCUT2D eigenvalue weighted by atomic mass is 10.1. The van der Waals surface area contributed by atoms with Crippen molar-refractivity contribution >= 4 is 5.91 Å². The standard InChI is InChI=1S/C12H18N4O/c1-3-11-10(6-8(2)14-15-11)12(17)16-5-4-9(13)7-16/h6,9H,3-5,7,13H2,1-2H3/t9-/m1/s1. The number of aryl methyl sites for hydroxylation is 2. The average molecular weight is 234 g/mol. The van der Waals surface area contributed by atoms with E-state index < -0.39 is 0 Å². The number of nitrogens with zero attached hydrogens (tertiary/aromatic N) is 3. The van der Waals surface area contributed by atoms with E-state index in [1.54, 1.807) is 4.90 Å². The molecule has 1 aliphatic rings. The fourth-order valence-corrected chi connectivity index (χ4v) is 2.10. The van der Waals surface area contributed by atoms with Crippen molar-refractivity contribution in [1.29, 1.82) is 0 Å². The number of hydrogen-bond donors (Lipinski definition) is 1. The third kappa shape index (κ3) is 2.44. The van der Waals surface area contributed by atoms with Gasteiger partial charge in [-0.3, -0.25) is 4.79 Å². The van der Waals surface area contributed by atoms with Crippen LogP contribution in [0.3, 0.4) is 0 Å². The lowest BCUT2D eigenvalue weighted by molar-refractivity contribution is 0.0789. The number of amides is 1. The van der Waals surface area contributed by atoms with E-state index in [2.05, 4.69) is 10.2 Å². The molecule has 0 bridgehead atoms. The molecule has 92 valence electrons. The van der Waals surface area contributed by atoms with Crippen LogP contribution < -0.4 is 5.73 Å².